The summed E-state index contributed by atoms with van der Waals surface area (Å²) in [5.74, 6) is 1.86. The van der Waals surface area contributed by atoms with Crippen LogP contribution in [-0.2, 0) is 4.79 Å². The Bertz CT molecular complexity index is 267. The summed E-state index contributed by atoms with van der Waals surface area (Å²) in [5, 5.41) is 3.34. The van der Waals surface area contributed by atoms with E-state index in [1.54, 1.807) is 0 Å². The predicted octanol–water partition coefficient (Wildman–Crippen LogP) is 2.02. The molecule has 0 aromatic carbocycles. The van der Waals surface area contributed by atoms with Crippen LogP contribution in [0.25, 0.3) is 0 Å². The van der Waals surface area contributed by atoms with E-state index >= 15 is 0 Å². The van der Waals surface area contributed by atoms with E-state index in [-0.39, 0.29) is 0 Å². The first-order valence-electron chi connectivity index (χ1n) is 7.17. The van der Waals surface area contributed by atoms with Crippen LogP contribution in [0.4, 0.5) is 0 Å². The number of nitrogens with one attached hydrogen (secondary N) is 1. The van der Waals surface area contributed by atoms with Gasteiger partial charge in [-0.1, -0.05) is 19.8 Å². The molecule has 1 heterocycles. The van der Waals surface area contributed by atoms with Gasteiger partial charge in [-0.25, -0.2) is 0 Å². The van der Waals surface area contributed by atoms with Gasteiger partial charge >= 0.3 is 0 Å². The number of amides is 1. The van der Waals surface area contributed by atoms with Gasteiger partial charge in [0, 0.05) is 32.1 Å². The van der Waals surface area contributed by atoms with E-state index in [4.69, 9.17) is 0 Å². The molecular formula is C14H26N2O. The molecule has 0 bridgehead atoms. The lowest BCUT2D eigenvalue weighted by molar-refractivity contribution is -0.135. The van der Waals surface area contributed by atoms with Gasteiger partial charge in [-0.05, 0) is 31.6 Å². The van der Waals surface area contributed by atoms with Gasteiger partial charge in [0.05, 0.1) is 0 Å². The highest BCUT2D eigenvalue weighted by molar-refractivity contribution is 5.77. The average Bonchev–Trinajstić information content (AvgIpc) is 2.29. The zero-order chi connectivity index (χ0) is 12.3. The quantitative estimate of drug-likeness (QED) is 0.798. The van der Waals surface area contributed by atoms with Gasteiger partial charge < -0.3 is 10.2 Å². The summed E-state index contributed by atoms with van der Waals surface area (Å²) in [4.78, 5) is 14.4. The van der Waals surface area contributed by atoms with Crippen molar-refractivity contribution in [2.45, 2.75) is 52.0 Å². The van der Waals surface area contributed by atoms with Crippen LogP contribution in [0.5, 0.6) is 0 Å². The third-order valence-corrected chi connectivity index (χ3v) is 4.33. The van der Waals surface area contributed by atoms with Crippen LogP contribution in [-0.4, -0.2) is 36.5 Å². The SMILES string of the molecule is CC1CCCC(CC(=O)N2CCNCC2C)C1. The molecule has 0 aromatic heterocycles. The molecular weight excluding hydrogens is 212 g/mol. The summed E-state index contributed by atoms with van der Waals surface area (Å²) in [5.41, 5.74) is 0. The number of rotatable bonds is 2. The summed E-state index contributed by atoms with van der Waals surface area (Å²) in [6.45, 7) is 7.27. The maximum Gasteiger partial charge on any atom is 0.223 e. The third kappa shape index (κ3) is 3.44. The molecule has 98 valence electrons. The highest BCUT2D eigenvalue weighted by Gasteiger charge is 2.27. The molecule has 1 aliphatic heterocycles. The molecule has 17 heavy (non-hydrogen) atoms. The Hall–Kier alpha value is -0.570. The van der Waals surface area contributed by atoms with Crippen molar-refractivity contribution in [3.63, 3.8) is 0 Å². The Labute approximate surface area is 105 Å². The molecule has 3 nitrogen and oxygen atoms in total. The van der Waals surface area contributed by atoms with Gasteiger partial charge in [0.15, 0.2) is 0 Å². The molecule has 1 saturated heterocycles. The summed E-state index contributed by atoms with van der Waals surface area (Å²) < 4.78 is 0. The number of carbonyl (C=O) groups is 1. The van der Waals surface area contributed by atoms with E-state index in [2.05, 4.69) is 24.1 Å². The summed E-state index contributed by atoms with van der Waals surface area (Å²) >= 11 is 0. The lowest BCUT2D eigenvalue weighted by atomic mass is 9.80. The van der Waals surface area contributed by atoms with E-state index in [0.29, 0.717) is 17.9 Å². The zero-order valence-electron chi connectivity index (χ0n) is 11.2. The number of carbonyl (C=O) groups excluding carboxylic acids is 1. The van der Waals surface area contributed by atoms with Gasteiger partial charge in [-0.2, -0.15) is 0 Å². The minimum Gasteiger partial charge on any atom is -0.337 e. The maximum absolute atomic E-state index is 12.3. The molecule has 0 aromatic rings. The molecule has 3 heteroatoms. The summed E-state index contributed by atoms with van der Waals surface area (Å²) in [6, 6.07) is 0.372. The Kier molecular flexibility index (Phi) is 4.43. The van der Waals surface area contributed by atoms with Crippen molar-refractivity contribution in [2.75, 3.05) is 19.6 Å². The Morgan fingerprint density at radius 1 is 1.35 bits per heavy atom. The van der Waals surface area contributed by atoms with E-state index < -0.39 is 0 Å². The molecule has 1 amide bonds. The standard InChI is InChI=1S/C14H26N2O/c1-11-4-3-5-13(8-11)9-14(17)16-7-6-15-10-12(16)2/h11-13,15H,3-10H2,1-2H3. The van der Waals surface area contributed by atoms with Crippen molar-refractivity contribution < 1.29 is 4.79 Å². The Morgan fingerprint density at radius 2 is 2.18 bits per heavy atom. The zero-order valence-corrected chi connectivity index (χ0v) is 11.2. The largest absolute Gasteiger partial charge is 0.337 e. The molecule has 1 N–H and O–H groups in total. The molecule has 3 unspecified atom stereocenters. The topological polar surface area (TPSA) is 32.3 Å². The second-order valence-corrected chi connectivity index (χ2v) is 5.98. The van der Waals surface area contributed by atoms with E-state index in [0.717, 1.165) is 32.0 Å². The average molecular weight is 238 g/mol. The van der Waals surface area contributed by atoms with Crippen LogP contribution in [0.15, 0.2) is 0 Å². The monoisotopic (exact) mass is 238 g/mol. The van der Waals surface area contributed by atoms with Crippen LogP contribution < -0.4 is 5.32 Å². The summed E-state index contributed by atoms with van der Waals surface area (Å²) in [6.07, 6.45) is 5.97. The first-order chi connectivity index (χ1) is 8.16. The van der Waals surface area contributed by atoms with E-state index in [1.807, 2.05) is 0 Å². The van der Waals surface area contributed by atoms with Crippen LogP contribution >= 0.6 is 0 Å². The lowest BCUT2D eigenvalue weighted by Crippen LogP contribution is -2.52. The fourth-order valence-electron chi connectivity index (χ4n) is 3.32. The first-order valence-corrected chi connectivity index (χ1v) is 7.17. The third-order valence-electron chi connectivity index (χ3n) is 4.33. The fraction of sp³-hybridized carbons (Fsp3) is 0.929. The normalized spacial score (nSPS) is 34.7. The first kappa shape index (κ1) is 12.9. The smallest absolute Gasteiger partial charge is 0.223 e. The van der Waals surface area contributed by atoms with Crippen molar-refractivity contribution in [3.05, 3.63) is 0 Å². The minimum atomic E-state index is 0.372. The molecule has 0 radical (unpaired) electrons. The molecule has 1 saturated carbocycles. The Morgan fingerprint density at radius 3 is 2.88 bits per heavy atom. The van der Waals surface area contributed by atoms with Crippen LogP contribution in [0, 0.1) is 11.8 Å². The highest BCUT2D eigenvalue weighted by atomic mass is 16.2. The highest BCUT2D eigenvalue weighted by Crippen LogP contribution is 2.31. The van der Waals surface area contributed by atoms with Gasteiger partial charge in [0.2, 0.25) is 5.91 Å². The predicted molar refractivity (Wildman–Crippen MR) is 69.8 cm³/mol. The number of hydrogen-bond acceptors (Lipinski definition) is 2. The van der Waals surface area contributed by atoms with E-state index in [9.17, 15) is 4.79 Å². The van der Waals surface area contributed by atoms with Crippen LogP contribution in [0.1, 0.15) is 46.0 Å². The van der Waals surface area contributed by atoms with E-state index in [1.165, 1.54) is 25.7 Å². The van der Waals surface area contributed by atoms with Crippen LogP contribution in [0.2, 0.25) is 0 Å². The summed E-state index contributed by atoms with van der Waals surface area (Å²) in [7, 11) is 0. The number of hydrogen-bond donors (Lipinski definition) is 1. The molecule has 2 aliphatic rings. The second kappa shape index (κ2) is 5.85. The lowest BCUT2D eigenvalue weighted by Gasteiger charge is -2.36. The van der Waals surface area contributed by atoms with Crippen molar-refractivity contribution >= 4 is 5.91 Å². The van der Waals surface area contributed by atoms with Gasteiger partial charge in [0.1, 0.15) is 0 Å². The van der Waals surface area contributed by atoms with Crippen molar-refractivity contribution in [2.24, 2.45) is 11.8 Å². The Balaban J connectivity index is 1.83. The van der Waals surface area contributed by atoms with Crippen LogP contribution in [0.3, 0.4) is 0 Å². The molecule has 2 fully saturated rings. The fourth-order valence-corrected chi connectivity index (χ4v) is 3.32. The molecule has 1 aliphatic carbocycles. The van der Waals surface area contributed by atoms with Crippen molar-refractivity contribution in [1.82, 2.24) is 10.2 Å². The maximum atomic E-state index is 12.3. The van der Waals surface area contributed by atoms with Crippen molar-refractivity contribution in [1.29, 1.82) is 0 Å². The van der Waals surface area contributed by atoms with Crippen molar-refractivity contribution in [3.8, 4) is 0 Å². The van der Waals surface area contributed by atoms with Gasteiger partial charge in [-0.15, -0.1) is 0 Å². The van der Waals surface area contributed by atoms with Gasteiger partial charge in [-0.3, -0.25) is 4.79 Å². The molecule has 3 atom stereocenters. The number of piperazine rings is 1. The number of nitrogens with zero attached hydrogens (tertiary/aromatic N) is 1. The second-order valence-electron chi connectivity index (χ2n) is 5.98. The van der Waals surface area contributed by atoms with Gasteiger partial charge in [0.25, 0.3) is 0 Å². The molecule has 2 rings (SSSR count). The molecule has 0 spiro atoms. The minimum absolute atomic E-state index is 0.372.